The first-order chi connectivity index (χ1) is 8.82. The van der Waals surface area contributed by atoms with Crippen LogP contribution in [0.4, 0.5) is 0 Å². The molecule has 0 radical (unpaired) electrons. The zero-order valence-corrected chi connectivity index (χ0v) is 12.4. The van der Waals surface area contributed by atoms with Crippen LogP contribution < -0.4 is 0 Å². The van der Waals surface area contributed by atoms with Gasteiger partial charge >= 0.3 is 0 Å². The predicted molar refractivity (Wildman–Crippen MR) is 74.5 cm³/mol. The molecule has 0 aromatic heterocycles. The molecule has 4 nitrogen and oxygen atoms in total. The summed E-state index contributed by atoms with van der Waals surface area (Å²) in [7, 11) is -3.42. The van der Waals surface area contributed by atoms with Gasteiger partial charge in [-0.2, -0.15) is 4.31 Å². The van der Waals surface area contributed by atoms with Crippen molar-refractivity contribution in [2.75, 3.05) is 13.1 Å². The first-order valence-corrected chi connectivity index (χ1v) is 8.02. The molecule has 0 aliphatic carbocycles. The number of benzene rings is 1. The van der Waals surface area contributed by atoms with E-state index in [0.29, 0.717) is 18.0 Å². The average molecular weight is 283 g/mol. The van der Waals surface area contributed by atoms with Crippen molar-refractivity contribution in [3.63, 3.8) is 0 Å². The quantitative estimate of drug-likeness (QED) is 0.918. The largest absolute Gasteiger partial charge is 0.393 e. The Balaban J connectivity index is 2.26. The maximum absolute atomic E-state index is 12.5. The van der Waals surface area contributed by atoms with Gasteiger partial charge in [-0.3, -0.25) is 0 Å². The van der Waals surface area contributed by atoms with Crippen molar-refractivity contribution in [3.8, 4) is 0 Å². The Morgan fingerprint density at radius 3 is 2.53 bits per heavy atom. The van der Waals surface area contributed by atoms with Crippen LogP contribution in [0.15, 0.2) is 23.1 Å². The van der Waals surface area contributed by atoms with Crippen LogP contribution >= 0.6 is 0 Å². The normalized spacial score (nSPS) is 22.6. The summed E-state index contributed by atoms with van der Waals surface area (Å²) in [5.41, 5.74) is 2.06. The Bertz CT molecular complexity index is 566. The van der Waals surface area contributed by atoms with Gasteiger partial charge in [0.1, 0.15) is 0 Å². The van der Waals surface area contributed by atoms with Crippen LogP contribution in [0.3, 0.4) is 0 Å². The van der Waals surface area contributed by atoms with Crippen LogP contribution in [-0.4, -0.2) is 37.0 Å². The van der Waals surface area contributed by atoms with Crippen LogP contribution in [0.5, 0.6) is 0 Å². The van der Waals surface area contributed by atoms with Crippen LogP contribution in [-0.2, 0) is 10.0 Å². The van der Waals surface area contributed by atoms with Gasteiger partial charge in [0.2, 0.25) is 10.0 Å². The SMILES string of the molecule is Cc1ccc(S(=O)(=O)N2CCC(C(C)O)C2)cc1C. The molecule has 1 aliphatic rings. The van der Waals surface area contributed by atoms with Crippen molar-refractivity contribution in [3.05, 3.63) is 29.3 Å². The lowest BCUT2D eigenvalue weighted by Crippen LogP contribution is -2.30. The molecule has 0 spiro atoms. The number of rotatable bonds is 3. The molecule has 2 atom stereocenters. The molecule has 5 heteroatoms. The fourth-order valence-electron chi connectivity index (χ4n) is 2.39. The smallest absolute Gasteiger partial charge is 0.243 e. The van der Waals surface area contributed by atoms with Gasteiger partial charge in [0.25, 0.3) is 0 Å². The standard InChI is InChI=1S/C14H21NO3S/c1-10-4-5-14(8-11(10)2)19(17,18)15-7-6-13(9-15)12(3)16/h4-5,8,12-13,16H,6-7,9H2,1-3H3. The topological polar surface area (TPSA) is 57.6 Å². The minimum atomic E-state index is -3.42. The third kappa shape index (κ3) is 2.83. The van der Waals surface area contributed by atoms with Crippen molar-refractivity contribution >= 4 is 10.0 Å². The summed E-state index contributed by atoms with van der Waals surface area (Å²) in [5, 5.41) is 9.57. The van der Waals surface area contributed by atoms with Crippen molar-refractivity contribution in [2.45, 2.75) is 38.2 Å². The zero-order valence-electron chi connectivity index (χ0n) is 11.6. The number of sulfonamides is 1. The lowest BCUT2D eigenvalue weighted by atomic mass is 10.0. The van der Waals surface area contributed by atoms with Crippen LogP contribution in [0.25, 0.3) is 0 Å². The third-order valence-corrected chi connectivity index (χ3v) is 5.85. The van der Waals surface area contributed by atoms with Crippen LogP contribution in [0.1, 0.15) is 24.5 Å². The lowest BCUT2D eigenvalue weighted by Gasteiger charge is -2.18. The zero-order chi connectivity index (χ0) is 14.2. The molecule has 0 amide bonds. The van der Waals surface area contributed by atoms with Crippen molar-refractivity contribution in [2.24, 2.45) is 5.92 Å². The van der Waals surface area contributed by atoms with Gasteiger partial charge < -0.3 is 5.11 Å². The molecule has 1 N–H and O–H groups in total. The second-order valence-electron chi connectivity index (χ2n) is 5.40. The molecular weight excluding hydrogens is 262 g/mol. The summed E-state index contributed by atoms with van der Waals surface area (Å²) < 4.78 is 26.5. The van der Waals surface area contributed by atoms with E-state index in [1.165, 1.54) is 4.31 Å². The van der Waals surface area contributed by atoms with E-state index in [-0.39, 0.29) is 5.92 Å². The molecule has 2 unspecified atom stereocenters. The fourth-order valence-corrected chi connectivity index (χ4v) is 3.99. The van der Waals surface area contributed by atoms with Crippen molar-refractivity contribution in [1.82, 2.24) is 4.31 Å². The van der Waals surface area contributed by atoms with E-state index in [1.807, 2.05) is 19.9 Å². The molecule has 1 aromatic rings. The Morgan fingerprint density at radius 1 is 1.32 bits per heavy atom. The molecule has 0 bridgehead atoms. The summed E-state index contributed by atoms with van der Waals surface area (Å²) in [6.45, 7) is 6.50. The average Bonchev–Trinajstić information content (AvgIpc) is 2.82. The molecule has 19 heavy (non-hydrogen) atoms. The molecule has 1 aromatic carbocycles. The summed E-state index contributed by atoms with van der Waals surface area (Å²) in [4.78, 5) is 0.349. The van der Waals surface area contributed by atoms with E-state index in [9.17, 15) is 13.5 Å². The first-order valence-electron chi connectivity index (χ1n) is 6.58. The minimum absolute atomic E-state index is 0.0429. The molecular formula is C14H21NO3S. The summed E-state index contributed by atoms with van der Waals surface area (Å²) >= 11 is 0. The first kappa shape index (κ1) is 14.5. The second kappa shape index (κ2) is 5.23. The fraction of sp³-hybridized carbons (Fsp3) is 0.571. The molecule has 106 valence electrons. The highest BCUT2D eigenvalue weighted by Gasteiger charge is 2.34. The molecule has 2 rings (SSSR count). The predicted octanol–water partition coefficient (Wildman–Crippen LogP) is 1.69. The molecule has 1 fully saturated rings. The van der Waals surface area contributed by atoms with E-state index >= 15 is 0 Å². The minimum Gasteiger partial charge on any atom is -0.393 e. The summed E-state index contributed by atoms with van der Waals surface area (Å²) in [5.74, 6) is 0.0429. The highest BCUT2D eigenvalue weighted by Crippen LogP contribution is 2.27. The number of nitrogens with zero attached hydrogens (tertiary/aromatic N) is 1. The number of aliphatic hydroxyl groups is 1. The van der Waals surface area contributed by atoms with E-state index in [0.717, 1.165) is 17.5 Å². The third-order valence-electron chi connectivity index (χ3n) is 3.99. The summed E-state index contributed by atoms with van der Waals surface area (Å²) in [6.07, 6.45) is 0.266. The Hall–Kier alpha value is -0.910. The van der Waals surface area contributed by atoms with E-state index in [2.05, 4.69) is 0 Å². The number of hydrogen-bond acceptors (Lipinski definition) is 3. The monoisotopic (exact) mass is 283 g/mol. The molecule has 1 aliphatic heterocycles. The van der Waals surface area contributed by atoms with Crippen LogP contribution in [0, 0.1) is 19.8 Å². The maximum atomic E-state index is 12.5. The van der Waals surface area contributed by atoms with Gasteiger partial charge in [-0.05, 0) is 56.4 Å². The number of aryl methyl sites for hydroxylation is 2. The van der Waals surface area contributed by atoms with E-state index in [1.54, 1.807) is 19.1 Å². The van der Waals surface area contributed by atoms with Gasteiger partial charge in [0.15, 0.2) is 0 Å². The van der Waals surface area contributed by atoms with Crippen molar-refractivity contribution < 1.29 is 13.5 Å². The van der Waals surface area contributed by atoms with E-state index in [4.69, 9.17) is 0 Å². The number of hydrogen-bond donors (Lipinski definition) is 1. The van der Waals surface area contributed by atoms with Gasteiger partial charge in [0, 0.05) is 13.1 Å². The Kier molecular flexibility index (Phi) is 3.99. The highest BCUT2D eigenvalue weighted by molar-refractivity contribution is 7.89. The second-order valence-corrected chi connectivity index (χ2v) is 7.34. The van der Waals surface area contributed by atoms with Gasteiger partial charge in [0.05, 0.1) is 11.0 Å². The highest BCUT2D eigenvalue weighted by atomic mass is 32.2. The van der Waals surface area contributed by atoms with Crippen molar-refractivity contribution in [1.29, 1.82) is 0 Å². The molecule has 1 heterocycles. The Morgan fingerprint density at radius 2 is 2.00 bits per heavy atom. The number of aliphatic hydroxyl groups excluding tert-OH is 1. The van der Waals surface area contributed by atoms with E-state index < -0.39 is 16.1 Å². The molecule has 0 saturated carbocycles. The molecule has 1 saturated heterocycles. The van der Waals surface area contributed by atoms with Gasteiger partial charge in [-0.25, -0.2) is 8.42 Å². The lowest BCUT2D eigenvalue weighted by molar-refractivity contribution is 0.133. The Labute approximate surface area is 115 Å². The maximum Gasteiger partial charge on any atom is 0.243 e. The summed E-state index contributed by atoms with van der Waals surface area (Å²) in [6, 6.07) is 5.22. The van der Waals surface area contributed by atoms with Crippen LogP contribution in [0.2, 0.25) is 0 Å². The van der Waals surface area contributed by atoms with Gasteiger partial charge in [-0.15, -0.1) is 0 Å². The van der Waals surface area contributed by atoms with Gasteiger partial charge in [-0.1, -0.05) is 6.07 Å².